The van der Waals surface area contributed by atoms with Gasteiger partial charge in [0.25, 0.3) is 0 Å². The fourth-order valence-electron chi connectivity index (χ4n) is 7.83. The maximum Gasteiger partial charge on any atom is 0.164 e. The van der Waals surface area contributed by atoms with Gasteiger partial charge in [-0.3, -0.25) is 4.98 Å². The molecular weight excluding hydrogens is 649 g/mol. The summed E-state index contributed by atoms with van der Waals surface area (Å²) < 4.78 is 6.35. The van der Waals surface area contributed by atoms with Gasteiger partial charge in [-0.05, 0) is 90.6 Å². The van der Waals surface area contributed by atoms with Gasteiger partial charge in [-0.25, -0.2) is 15.0 Å². The average Bonchev–Trinajstić information content (AvgIpc) is 3.62. The second-order valence-electron chi connectivity index (χ2n) is 13.4. The van der Waals surface area contributed by atoms with Crippen molar-refractivity contribution in [1.29, 1.82) is 0 Å². The third kappa shape index (κ3) is 4.79. The molecule has 11 aromatic rings. The summed E-state index contributed by atoms with van der Waals surface area (Å²) in [7, 11) is 0. The monoisotopic (exact) mass is 676 g/mol. The molecule has 0 aliphatic rings. The zero-order chi connectivity index (χ0) is 34.9. The van der Waals surface area contributed by atoms with Crippen LogP contribution in [0.25, 0.3) is 110 Å². The maximum atomic E-state index is 6.35. The lowest BCUT2D eigenvalue weighted by molar-refractivity contribution is 0.668. The Kier molecular flexibility index (Phi) is 6.48. The summed E-state index contributed by atoms with van der Waals surface area (Å²) in [6, 6.07) is 57.0. The zero-order valence-corrected chi connectivity index (χ0v) is 28.4. The number of nitrogens with zero attached hydrogens (tertiary/aromatic N) is 4. The fourth-order valence-corrected chi connectivity index (χ4v) is 7.83. The van der Waals surface area contributed by atoms with Crippen LogP contribution in [0.2, 0.25) is 0 Å². The van der Waals surface area contributed by atoms with E-state index in [9.17, 15) is 0 Å². The van der Waals surface area contributed by atoms with E-state index >= 15 is 0 Å². The molecule has 0 saturated heterocycles. The van der Waals surface area contributed by atoms with Crippen molar-refractivity contribution in [3.8, 4) is 45.3 Å². The molecule has 53 heavy (non-hydrogen) atoms. The fraction of sp³-hybridized carbons (Fsp3) is 0. The zero-order valence-electron chi connectivity index (χ0n) is 28.4. The highest BCUT2D eigenvalue weighted by molar-refractivity contribution is 6.21. The second-order valence-corrected chi connectivity index (χ2v) is 13.4. The van der Waals surface area contributed by atoms with E-state index in [4.69, 9.17) is 19.4 Å². The molecular formula is C48H28N4O. The van der Waals surface area contributed by atoms with Crippen LogP contribution in [0.15, 0.2) is 174 Å². The van der Waals surface area contributed by atoms with E-state index in [1.165, 1.54) is 10.8 Å². The van der Waals surface area contributed by atoms with Gasteiger partial charge < -0.3 is 4.42 Å². The molecule has 8 aromatic carbocycles. The summed E-state index contributed by atoms with van der Waals surface area (Å²) >= 11 is 0. The van der Waals surface area contributed by atoms with Crippen LogP contribution < -0.4 is 0 Å². The van der Waals surface area contributed by atoms with Crippen molar-refractivity contribution in [2.75, 3.05) is 0 Å². The first-order chi connectivity index (χ1) is 26.2. The molecule has 0 bridgehead atoms. The van der Waals surface area contributed by atoms with Crippen molar-refractivity contribution in [2.45, 2.75) is 0 Å². The molecule has 0 unspecified atom stereocenters. The van der Waals surface area contributed by atoms with E-state index in [1.54, 1.807) is 0 Å². The summed E-state index contributed by atoms with van der Waals surface area (Å²) in [6.45, 7) is 0. The molecule has 0 aliphatic heterocycles. The van der Waals surface area contributed by atoms with Gasteiger partial charge in [-0.1, -0.05) is 127 Å². The van der Waals surface area contributed by atoms with Crippen molar-refractivity contribution in [3.05, 3.63) is 170 Å². The Hall–Kier alpha value is -7.24. The minimum atomic E-state index is 0.625. The quantitative estimate of drug-likeness (QED) is 0.174. The highest BCUT2D eigenvalue weighted by Gasteiger charge is 2.18. The van der Waals surface area contributed by atoms with E-state index in [0.717, 1.165) is 82.2 Å². The summed E-state index contributed by atoms with van der Waals surface area (Å²) in [4.78, 5) is 20.1. The third-order valence-corrected chi connectivity index (χ3v) is 10.3. The van der Waals surface area contributed by atoms with Gasteiger partial charge in [0.15, 0.2) is 23.1 Å². The standard InChI is InChI=1S/C48H28N4O/c1-2-11-30(12-3-1)46-50-47(52-48(51-46)41-27-31-13-4-5-14-35(31)36-15-6-7-16-37(36)41)33-23-21-29-20-22-32(25-34(29)26-33)40-28-43-44(39-18-9-8-17-38(39)40)45-42(53-43)19-10-24-49-45/h1-28H. The Morgan fingerprint density at radius 2 is 1.00 bits per heavy atom. The van der Waals surface area contributed by atoms with E-state index in [-0.39, 0.29) is 0 Å². The van der Waals surface area contributed by atoms with E-state index in [2.05, 4.69) is 126 Å². The van der Waals surface area contributed by atoms with Crippen LogP contribution >= 0.6 is 0 Å². The lowest BCUT2D eigenvalue weighted by atomic mass is 9.94. The van der Waals surface area contributed by atoms with Crippen molar-refractivity contribution < 1.29 is 4.42 Å². The van der Waals surface area contributed by atoms with E-state index in [1.807, 2.05) is 48.7 Å². The molecule has 0 radical (unpaired) electrons. The van der Waals surface area contributed by atoms with Crippen molar-refractivity contribution in [2.24, 2.45) is 0 Å². The lowest BCUT2D eigenvalue weighted by Gasteiger charge is -2.13. The van der Waals surface area contributed by atoms with Gasteiger partial charge in [0.1, 0.15) is 11.1 Å². The number of furan rings is 1. The Bertz CT molecular complexity index is 3240. The highest BCUT2D eigenvalue weighted by atomic mass is 16.3. The van der Waals surface area contributed by atoms with Crippen LogP contribution in [-0.2, 0) is 0 Å². The van der Waals surface area contributed by atoms with Crippen molar-refractivity contribution in [3.63, 3.8) is 0 Å². The molecule has 0 spiro atoms. The van der Waals surface area contributed by atoms with Gasteiger partial charge in [0, 0.05) is 22.9 Å². The normalized spacial score (nSPS) is 11.8. The molecule has 5 nitrogen and oxygen atoms in total. The number of benzene rings is 8. The minimum Gasteiger partial charge on any atom is -0.454 e. The summed E-state index contributed by atoms with van der Waals surface area (Å²) in [6.07, 6.45) is 1.82. The average molecular weight is 677 g/mol. The van der Waals surface area contributed by atoms with Crippen LogP contribution in [0.4, 0.5) is 0 Å². The molecule has 0 aliphatic carbocycles. The van der Waals surface area contributed by atoms with Gasteiger partial charge in [-0.2, -0.15) is 0 Å². The molecule has 0 N–H and O–H groups in total. The molecule has 11 rings (SSSR count). The number of rotatable bonds is 4. The van der Waals surface area contributed by atoms with E-state index < -0.39 is 0 Å². The number of aromatic nitrogens is 4. The molecule has 3 aromatic heterocycles. The van der Waals surface area contributed by atoms with Gasteiger partial charge >= 0.3 is 0 Å². The molecule has 0 saturated carbocycles. The number of pyridine rings is 1. The molecule has 0 fully saturated rings. The molecule has 0 amide bonds. The van der Waals surface area contributed by atoms with Gasteiger partial charge in [0.2, 0.25) is 0 Å². The summed E-state index contributed by atoms with van der Waals surface area (Å²) in [5.41, 5.74) is 7.55. The molecule has 5 heteroatoms. The van der Waals surface area contributed by atoms with Crippen LogP contribution in [-0.4, -0.2) is 19.9 Å². The Morgan fingerprint density at radius 1 is 0.358 bits per heavy atom. The maximum absolute atomic E-state index is 6.35. The Balaban J connectivity index is 1.11. The minimum absolute atomic E-state index is 0.625. The van der Waals surface area contributed by atoms with Gasteiger partial charge in [0.05, 0.1) is 5.39 Å². The van der Waals surface area contributed by atoms with Crippen molar-refractivity contribution >= 4 is 65.2 Å². The SMILES string of the molecule is c1ccc(-c2nc(-c3ccc4ccc(-c5cc6oc7cccnc7c6c6ccccc56)cc4c3)nc(-c3cc4ccccc4c4ccccc34)n2)cc1. The first kappa shape index (κ1) is 29.5. The van der Waals surface area contributed by atoms with E-state index in [0.29, 0.717) is 17.5 Å². The number of fused-ring (bicyclic) bond motifs is 9. The predicted octanol–water partition coefficient (Wildman–Crippen LogP) is 12.4. The third-order valence-electron chi connectivity index (χ3n) is 10.3. The largest absolute Gasteiger partial charge is 0.454 e. The summed E-state index contributed by atoms with van der Waals surface area (Å²) in [5.74, 6) is 1.90. The van der Waals surface area contributed by atoms with Crippen LogP contribution in [0.3, 0.4) is 0 Å². The number of hydrogen-bond donors (Lipinski definition) is 0. The van der Waals surface area contributed by atoms with Crippen molar-refractivity contribution in [1.82, 2.24) is 19.9 Å². The summed E-state index contributed by atoms with van der Waals surface area (Å²) in [5, 5.41) is 10.2. The molecule has 3 heterocycles. The number of hydrogen-bond acceptors (Lipinski definition) is 5. The predicted molar refractivity (Wildman–Crippen MR) is 217 cm³/mol. The Morgan fingerprint density at radius 3 is 1.83 bits per heavy atom. The lowest BCUT2D eigenvalue weighted by Crippen LogP contribution is -2.00. The van der Waals surface area contributed by atoms with Crippen LogP contribution in [0.5, 0.6) is 0 Å². The van der Waals surface area contributed by atoms with Gasteiger partial charge in [-0.15, -0.1) is 0 Å². The van der Waals surface area contributed by atoms with Crippen LogP contribution in [0.1, 0.15) is 0 Å². The first-order valence-corrected chi connectivity index (χ1v) is 17.7. The first-order valence-electron chi connectivity index (χ1n) is 17.7. The molecule has 246 valence electrons. The second kappa shape index (κ2) is 11.7. The Labute approximate surface area is 303 Å². The molecule has 0 atom stereocenters. The smallest absolute Gasteiger partial charge is 0.164 e. The highest BCUT2D eigenvalue weighted by Crippen LogP contribution is 2.40. The van der Waals surface area contributed by atoms with Crippen LogP contribution in [0, 0.1) is 0 Å². The topological polar surface area (TPSA) is 64.7 Å².